The second kappa shape index (κ2) is 52.8. The van der Waals surface area contributed by atoms with E-state index in [0.29, 0.717) is 23.9 Å². The van der Waals surface area contributed by atoms with E-state index in [2.05, 4.69) is 62.5 Å². The molecule has 0 amide bonds. The van der Waals surface area contributed by atoms with Crippen LogP contribution >= 0.6 is 7.82 Å². The molecule has 0 saturated carbocycles. The van der Waals surface area contributed by atoms with Crippen LogP contribution in [-0.2, 0) is 32.7 Å². The number of esters is 2. The van der Waals surface area contributed by atoms with Gasteiger partial charge in [0.15, 0.2) is 6.10 Å². The van der Waals surface area contributed by atoms with Crippen molar-refractivity contribution in [2.75, 3.05) is 47.5 Å². The third-order valence-electron chi connectivity index (χ3n) is 13.1. The molecule has 0 fully saturated rings. The summed E-state index contributed by atoms with van der Waals surface area (Å²) in [5, 5.41) is 0. The Balaban J connectivity index is 4.12. The number of phosphoric ester groups is 1. The summed E-state index contributed by atoms with van der Waals surface area (Å²) in [4.78, 5) is 35.7. The fourth-order valence-electron chi connectivity index (χ4n) is 8.54. The van der Waals surface area contributed by atoms with Crippen LogP contribution in [0.15, 0.2) is 48.6 Å². The molecule has 0 aromatic carbocycles. The molecule has 10 heteroatoms. The number of nitrogens with zero attached hydrogens (tertiary/aromatic N) is 1. The molecule has 0 aliphatic rings. The number of ether oxygens (including phenoxy) is 2. The highest BCUT2D eigenvalue weighted by Gasteiger charge is 2.27. The summed E-state index contributed by atoms with van der Waals surface area (Å²) in [6.07, 6.45) is 66.1. The van der Waals surface area contributed by atoms with Gasteiger partial charge in [0.25, 0.3) is 0 Å². The van der Waals surface area contributed by atoms with Gasteiger partial charge in [0.2, 0.25) is 0 Å². The van der Waals surface area contributed by atoms with Crippen molar-refractivity contribution in [3.63, 3.8) is 0 Å². The first-order valence-corrected chi connectivity index (χ1v) is 31.4. The van der Waals surface area contributed by atoms with E-state index in [-0.39, 0.29) is 25.6 Å². The average Bonchev–Trinajstić information content (AvgIpc) is 3.33. The second-order valence-electron chi connectivity index (χ2n) is 21.4. The van der Waals surface area contributed by atoms with Gasteiger partial charge < -0.3 is 18.9 Å². The van der Waals surface area contributed by atoms with Crippen molar-refractivity contribution in [2.45, 2.75) is 283 Å². The lowest BCUT2D eigenvalue weighted by atomic mass is 10.0. The van der Waals surface area contributed by atoms with Crippen molar-refractivity contribution in [3.05, 3.63) is 48.6 Å². The summed E-state index contributed by atoms with van der Waals surface area (Å²) in [7, 11) is 1.48. The quantitative estimate of drug-likeness (QED) is 0.0211. The number of quaternary nitrogens is 1. The standard InChI is InChI=1S/C61H114NO8P/c1-6-8-10-12-14-16-18-20-22-24-26-28-29-30-31-32-34-35-37-39-41-43-45-47-49-51-53-60(63)67-57-59(58-69-71(65,66)68-56-55-62(3,4)5)70-61(64)54-52-50-48-46-44-42-40-38-36-33-27-25-23-21-19-17-15-13-11-9-7-2/h9,11,15,17,21,23,27,33,59H,6-8,10,12-14,16,18-20,22,24-26,28-32,34-58H2,1-5H3/p+1/b11-9-,17-15-,23-21-,33-27-. The highest BCUT2D eigenvalue weighted by atomic mass is 31.2. The number of unbranched alkanes of at least 4 members (excludes halogenated alkanes) is 33. The minimum absolute atomic E-state index is 0.0301. The van der Waals surface area contributed by atoms with Gasteiger partial charge in [0.05, 0.1) is 27.7 Å². The van der Waals surface area contributed by atoms with Crippen molar-refractivity contribution in [2.24, 2.45) is 0 Å². The SMILES string of the molecule is CC/C=C\C/C=C\C/C=C\C/C=C\CCCCCCCCCCC(=O)OC(COC(=O)CCCCCCCCCCCCCCCCCCCCCCCCCCCC)COP(=O)(O)OCC[N+](C)(C)C. The van der Waals surface area contributed by atoms with E-state index < -0.39 is 26.5 Å². The van der Waals surface area contributed by atoms with Crippen LogP contribution in [0.5, 0.6) is 0 Å². The number of carbonyl (C=O) groups is 2. The molecule has 0 aliphatic carbocycles. The van der Waals surface area contributed by atoms with E-state index in [1.165, 1.54) is 173 Å². The van der Waals surface area contributed by atoms with Crippen molar-refractivity contribution in [1.82, 2.24) is 0 Å². The van der Waals surface area contributed by atoms with Crippen molar-refractivity contribution in [3.8, 4) is 0 Å². The maximum Gasteiger partial charge on any atom is 0.472 e. The first kappa shape index (κ1) is 69.0. The molecule has 9 nitrogen and oxygen atoms in total. The van der Waals surface area contributed by atoms with Crippen LogP contribution in [0.3, 0.4) is 0 Å². The van der Waals surface area contributed by atoms with E-state index in [1.807, 2.05) is 21.1 Å². The van der Waals surface area contributed by atoms with Gasteiger partial charge in [-0.1, -0.05) is 262 Å². The Hall–Kier alpha value is -2.03. The molecular weight excluding hydrogens is 906 g/mol. The molecule has 0 saturated heterocycles. The predicted molar refractivity (Wildman–Crippen MR) is 303 cm³/mol. The Morgan fingerprint density at radius 2 is 0.803 bits per heavy atom. The first-order chi connectivity index (χ1) is 34.5. The Morgan fingerprint density at radius 1 is 0.451 bits per heavy atom. The van der Waals surface area contributed by atoms with Crippen LogP contribution in [0.25, 0.3) is 0 Å². The lowest BCUT2D eigenvalue weighted by molar-refractivity contribution is -0.870. The van der Waals surface area contributed by atoms with E-state index in [4.69, 9.17) is 18.5 Å². The van der Waals surface area contributed by atoms with Crippen molar-refractivity contribution >= 4 is 19.8 Å². The average molecular weight is 1020 g/mol. The molecule has 71 heavy (non-hydrogen) atoms. The molecule has 0 radical (unpaired) electrons. The molecule has 0 heterocycles. The van der Waals surface area contributed by atoms with E-state index >= 15 is 0 Å². The van der Waals surface area contributed by atoms with Crippen molar-refractivity contribution in [1.29, 1.82) is 0 Å². The number of carbonyl (C=O) groups excluding carboxylic acids is 2. The smallest absolute Gasteiger partial charge is 0.462 e. The van der Waals surface area contributed by atoms with E-state index in [9.17, 15) is 19.0 Å². The molecule has 2 unspecified atom stereocenters. The lowest BCUT2D eigenvalue weighted by Gasteiger charge is -2.24. The first-order valence-electron chi connectivity index (χ1n) is 29.9. The topological polar surface area (TPSA) is 108 Å². The summed E-state index contributed by atoms with van der Waals surface area (Å²) >= 11 is 0. The van der Waals surface area contributed by atoms with E-state index in [1.54, 1.807) is 0 Å². The zero-order chi connectivity index (χ0) is 52.0. The van der Waals surface area contributed by atoms with Crippen LogP contribution in [0.4, 0.5) is 0 Å². The van der Waals surface area contributed by atoms with Crippen LogP contribution in [0, 0.1) is 0 Å². The number of allylic oxidation sites excluding steroid dienone is 8. The maximum atomic E-state index is 12.8. The minimum Gasteiger partial charge on any atom is -0.462 e. The van der Waals surface area contributed by atoms with Gasteiger partial charge >= 0.3 is 19.8 Å². The predicted octanol–water partition coefficient (Wildman–Crippen LogP) is 18.5. The van der Waals surface area contributed by atoms with Gasteiger partial charge in [-0.2, -0.15) is 0 Å². The van der Waals surface area contributed by atoms with Crippen LogP contribution < -0.4 is 0 Å². The molecule has 0 aromatic heterocycles. The molecule has 0 aliphatic heterocycles. The van der Waals surface area contributed by atoms with E-state index in [0.717, 1.165) is 70.6 Å². The van der Waals surface area contributed by atoms with Crippen LogP contribution in [0.1, 0.15) is 277 Å². The molecule has 0 spiro atoms. The third kappa shape index (κ3) is 57.1. The molecule has 416 valence electrons. The highest BCUT2D eigenvalue weighted by Crippen LogP contribution is 2.43. The summed E-state index contributed by atoms with van der Waals surface area (Å²) in [6, 6.07) is 0. The Morgan fingerprint density at radius 3 is 1.20 bits per heavy atom. The van der Waals surface area contributed by atoms with Gasteiger partial charge in [0.1, 0.15) is 19.8 Å². The molecule has 0 aromatic rings. The van der Waals surface area contributed by atoms with Crippen LogP contribution in [0.2, 0.25) is 0 Å². The Bertz CT molecular complexity index is 1340. The highest BCUT2D eigenvalue weighted by molar-refractivity contribution is 7.47. The molecule has 1 N–H and O–H groups in total. The zero-order valence-corrected chi connectivity index (χ0v) is 48.1. The zero-order valence-electron chi connectivity index (χ0n) is 47.2. The summed E-state index contributed by atoms with van der Waals surface area (Å²) in [6.45, 7) is 4.35. The number of rotatable bonds is 55. The third-order valence-corrected chi connectivity index (χ3v) is 14.1. The number of hydrogen-bond acceptors (Lipinski definition) is 7. The van der Waals surface area contributed by atoms with Gasteiger partial charge in [-0.15, -0.1) is 0 Å². The monoisotopic (exact) mass is 1020 g/mol. The summed E-state index contributed by atoms with van der Waals surface area (Å²) in [5.74, 6) is -0.795. The second-order valence-corrected chi connectivity index (χ2v) is 22.8. The van der Waals surface area contributed by atoms with Gasteiger partial charge in [-0.25, -0.2) is 4.57 Å². The molecule has 0 bridgehead atoms. The Labute approximate surface area is 439 Å². The summed E-state index contributed by atoms with van der Waals surface area (Å²) in [5.41, 5.74) is 0. The number of likely N-dealkylation sites (N-methyl/N-ethyl adjacent to an activating group) is 1. The number of hydrogen-bond donors (Lipinski definition) is 1. The van der Waals surface area contributed by atoms with Gasteiger partial charge in [-0.3, -0.25) is 18.6 Å². The molecule has 0 rings (SSSR count). The van der Waals surface area contributed by atoms with Gasteiger partial charge in [0, 0.05) is 12.8 Å². The maximum absolute atomic E-state index is 12.8. The molecular formula is C61H115NO8P+. The lowest BCUT2D eigenvalue weighted by Crippen LogP contribution is -2.37. The van der Waals surface area contributed by atoms with Gasteiger partial charge in [-0.05, 0) is 51.4 Å². The largest absolute Gasteiger partial charge is 0.472 e. The Kier molecular flexibility index (Phi) is 51.3. The number of phosphoric acid groups is 1. The normalized spacial score (nSPS) is 13.6. The fourth-order valence-corrected chi connectivity index (χ4v) is 9.28. The fraction of sp³-hybridized carbons (Fsp3) is 0.836. The minimum atomic E-state index is -4.39. The van der Waals surface area contributed by atoms with Crippen LogP contribution in [-0.4, -0.2) is 74.9 Å². The molecule has 2 atom stereocenters. The summed E-state index contributed by atoms with van der Waals surface area (Å²) < 4.78 is 34.6. The van der Waals surface area contributed by atoms with Crippen molar-refractivity contribution < 1.29 is 42.1 Å².